The highest BCUT2D eigenvalue weighted by molar-refractivity contribution is 5.89. The molecule has 48 heavy (non-hydrogen) atoms. The monoisotopic (exact) mass is 673 g/mol. The number of phenols is 1. The highest BCUT2D eigenvalue weighted by Gasteiger charge is 2.54. The third-order valence-electron chi connectivity index (χ3n) is 9.47. The molecule has 4 N–H and O–H groups in total. The molecule has 4 aliphatic heterocycles. The van der Waals surface area contributed by atoms with Crippen molar-refractivity contribution in [1.82, 2.24) is 20.9 Å². The van der Waals surface area contributed by atoms with Crippen molar-refractivity contribution in [3.05, 3.63) is 39.4 Å². The molecule has 4 aliphatic rings. The normalized spacial score (nSPS) is 24.3. The Bertz CT molecular complexity index is 1760. The predicted molar refractivity (Wildman–Crippen MR) is 160 cm³/mol. The summed E-state index contributed by atoms with van der Waals surface area (Å²) >= 11 is 0. The quantitative estimate of drug-likeness (QED) is 0.262. The molecule has 256 valence electrons. The van der Waals surface area contributed by atoms with E-state index in [0.29, 0.717) is 45.9 Å². The van der Waals surface area contributed by atoms with E-state index in [1.165, 1.54) is 14.0 Å². The van der Waals surface area contributed by atoms with E-state index in [1.54, 1.807) is 12.2 Å². The Morgan fingerprint density at radius 1 is 1.19 bits per heavy atom. The minimum Gasteiger partial charge on any atom is -0.504 e. The van der Waals surface area contributed by atoms with Crippen molar-refractivity contribution in [3.8, 4) is 34.8 Å². The zero-order valence-corrected chi connectivity index (χ0v) is 26.7. The molecule has 13 nitrogen and oxygen atoms in total. The molecule has 0 radical (unpaired) electrons. The number of benzene rings is 2. The van der Waals surface area contributed by atoms with Crippen molar-refractivity contribution in [1.29, 1.82) is 5.26 Å². The molecule has 1 fully saturated rings. The smallest absolute Gasteiger partial charge is 0.471 e. The van der Waals surface area contributed by atoms with Gasteiger partial charge in [0.15, 0.2) is 23.0 Å². The van der Waals surface area contributed by atoms with Gasteiger partial charge in [-0.25, -0.2) is 0 Å². The number of amides is 2. The maximum atomic E-state index is 13.1. The fourth-order valence-corrected chi connectivity index (χ4v) is 7.59. The van der Waals surface area contributed by atoms with Crippen molar-refractivity contribution in [2.24, 2.45) is 0 Å². The summed E-state index contributed by atoms with van der Waals surface area (Å²) in [5.74, 6) is -2.64. The molecular formula is C32H34F3N5O8. The Morgan fingerprint density at radius 2 is 1.90 bits per heavy atom. The van der Waals surface area contributed by atoms with E-state index < -0.39 is 60.2 Å². The number of nitriles is 1. The van der Waals surface area contributed by atoms with Gasteiger partial charge in [0.05, 0.1) is 25.3 Å². The molecular weight excluding hydrogens is 639 g/mol. The molecule has 16 heteroatoms. The van der Waals surface area contributed by atoms with Gasteiger partial charge in [-0.2, -0.15) is 18.4 Å². The molecule has 6 rings (SSSR count). The number of fused-ring (bicyclic) bond motifs is 9. The van der Waals surface area contributed by atoms with E-state index in [2.05, 4.69) is 16.7 Å². The second-order valence-corrected chi connectivity index (χ2v) is 12.4. The number of carbonyl (C=O) groups excluding carboxylic acids is 3. The first-order valence-corrected chi connectivity index (χ1v) is 15.3. The minimum absolute atomic E-state index is 0.0502. The first-order valence-electron chi connectivity index (χ1n) is 15.3. The van der Waals surface area contributed by atoms with Gasteiger partial charge in [0.2, 0.25) is 12.7 Å². The van der Waals surface area contributed by atoms with Gasteiger partial charge in [-0.05, 0) is 44.7 Å². The lowest BCUT2D eigenvalue weighted by Gasteiger charge is -2.56. The molecule has 2 bridgehead atoms. The minimum atomic E-state index is -5.19. The Kier molecular flexibility index (Phi) is 8.32. The average molecular weight is 674 g/mol. The Hall–Kier alpha value is -4.75. The van der Waals surface area contributed by atoms with Crippen molar-refractivity contribution in [3.63, 3.8) is 0 Å². The number of piperazine rings is 1. The van der Waals surface area contributed by atoms with Crippen molar-refractivity contribution >= 4 is 17.8 Å². The average Bonchev–Trinajstić information content (AvgIpc) is 3.51. The molecule has 0 aliphatic carbocycles. The number of esters is 1. The first-order chi connectivity index (χ1) is 22.7. The van der Waals surface area contributed by atoms with Crippen molar-refractivity contribution in [2.75, 3.05) is 20.4 Å². The zero-order chi connectivity index (χ0) is 34.8. The summed E-state index contributed by atoms with van der Waals surface area (Å²) in [4.78, 5) is 38.9. The number of carbonyl (C=O) groups is 3. The number of halogens is 3. The molecule has 6 atom stereocenters. The predicted octanol–water partition coefficient (Wildman–Crippen LogP) is 2.28. The SMILES string of the molecule is COc1c(C)cc2c(c1O)[C@@H]1N[C@H](C2)[C@H](C#N)N2C1Cc1c(OC(C)=O)c(C)c3c(c1[C@@H]2CNC(=O)[C@@H](C)NC(=O)C(F)(F)F)OCO3. The van der Waals surface area contributed by atoms with Crippen LogP contribution in [0, 0.1) is 25.2 Å². The van der Waals surface area contributed by atoms with Gasteiger partial charge in [-0.15, -0.1) is 0 Å². The van der Waals surface area contributed by atoms with Crippen LogP contribution < -0.4 is 34.9 Å². The summed E-state index contributed by atoms with van der Waals surface area (Å²) in [5.41, 5.74) is 3.68. The molecule has 4 heterocycles. The van der Waals surface area contributed by atoms with Gasteiger partial charge >= 0.3 is 18.1 Å². The summed E-state index contributed by atoms with van der Waals surface area (Å²) in [5, 5.41) is 30.0. The standard InChI is InChI=1S/C32H34F3N5O8/c1-12-6-16-7-18-20(9-36)40-19(24(39-18)22(16)25(42)26(12)45-5)8-17-23(29-28(46-11-47-29)13(2)27(17)48-15(4)41)21(40)10-37-30(43)14(3)38-31(44)32(33,34)35/h6,14,18-21,24,39,42H,7-8,10-11H2,1-5H3,(H,37,43)(H,38,44)/t14-,18-,19?,20+,21+,24-/m1/s1. The van der Waals surface area contributed by atoms with E-state index in [0.717, 1.165) is 18.1 Å². The summed E-state index contributed by atoms with van der Waals surface area (Å²) in [6.07, 6.45) is -4.60. The van der Waals surface area contributed by atoms with E-state index in [9.17, 15) is 37.9 Å². The fraction of sp³-hybridized carbons (Fsp3) is 0.500. The van der Waals surface area contributed by atoms with Gasteiger partial charge in [-0.3, -0.25) is 19.3 Å². The Balaban J connectivity index is 1.49. The van der Waals surface area contributed by atoms with Crippen LogP contribution in [0.4, 0.5) is 13.2 Å². The fourth-order valence-electron chi connectivity index (χ4n) is 7.59. The second kappa shape index (κ2) is 12.0. The lowest BCUT2D eigenvalue weighted by Crippen LogP contribution is -2.68. The maximum absolute atomic E-state index is 13.1. The van der Waals surface area contributed by atoms with Crippen LogP contribution in [0.3, 0.4) is 0 Å². The van der Waals surface area contributed by atoms with Crippen LogP contribution in [0.5, 0.6) is 28.7 Å². The van der Waals surface area contributed by atoms with Gasteiger partial charge in [0.25, 0.3) is 0 Å². The summed E-state index contributed by atoms with van der Waals surface area (Å²) in [7, 11) is 1.46. The van der Waals surface area contributed by atoms with E-state index in [-0.39, 0.29) is 31.3 Å². The topological polar surface area (TPSA) is 171 Å². The van der Waals surface area contributed by atoms with Gasteiger partial charge < -0.3 is 40.0 Å². The molecule has 2 aromatic carbocycles. The largest absolute Gasteiger partial charge is 0.504 e. The number of hydrogen-bond acceptors (Lipinski definition) is 11. The number of aryl methyl sites for hydroxylation is 1. The van der Waals surface area contributed by atoms with Gasteiger partial charge in [-0.1, -0.05) is 6.07 Å². The summed E-state index contributed by atoms with van der Waals surface area (Å²) in [6.45, 7) is 5.51. The lowest BCUT2D eigenvalue weighted by atomic mass is 9.72. The molecule has 2 aromatic rings. The van der Waals surface area contributed by atoms with Crippen LogP contribution in [-0.4, -0.2) is 78.6 Å². The lowest BCUT2D eigenvalue weighted by molar-refractivity contribution is -0.174. The number of methoxy groups -OCH3 is 1. The molecule has 0 spiro atoms. The molecule has 0 saturated carbocycles. The molecule has 1 unspecified atom stereocenters. The van der Waals surface area contributed by atoms with Gasteiger partial charge in [0.1, 0.15) is 17.8 Å². The van der Waals surface area contributed by atoms with E-state index in [1.807, 2.05) is 17.9 Å². The number of hydrogen-bond donors (Lipinski definition) is 4. The van der Waals surface area contributed by atoms with Crippen molar-refractivity contribution in [2.45, 2.75) is 83.0 Å². The van der Waals surface area contributed by atoms with E-state index in [4.69, 9.17) is 18.9 Å². The molecule has 1 saturated heterocycles. The number of nitrogens with one attached hydrogen (secondary N) is 3. The van der Waals surface area contributed by atoms with Crippen LogP contribution in [0.25, 0.3) is 0 Å². The number of nitrogens with zero attached hydrogens (tertiary/aromatic N) is 2. The van der Waals surface area contributed by atoms with Crippen LogP contribution in [-0.2, 0) is 27.2 Å². The van der Waals surface area contributed by atoms with Crippen LogP contribution >= 0.6 is 0 Å². The second-order valence-electron chi connectivity index (χ2n) is 12.4. The van der Waals surface area contributed by atoms with Crippen molar-refractivity contribution < 1.29 is 51.6 Å². The van der Waals surface area contributed by atoms with E-state index >= 15 is 0 Å². The third kappa shape index (κ3) is 5.30. The number of rotatable bonds is 6. The van der Waals surface area contributed by atoms with Crippen LogP contribution in [0.1, 0.15) is 59.3 Å². The third-order valence-corrected chi connectivity index (χ3v) is 9.47. The summed E-state index contributed by atoms with van der Waals surface area (Å²) in [6, 6.07) is -0.432. The van der Waals surface area contributed by atoms with Crippen LogP contribution in [0.2, 0.25) is 0 Å². The molecule has 0 aromatic heterocycles. The highest BCUT2D eigenvalue weighted by atomic mass is 19.4. The maximum Gasteiger partial charge on any atom is 0.471 e. The molecule has 2 amide bonds. The number of alkyl halides is 3. The van der Waals surface area contributed by atoms with Gasteiger partial charge in [0, 0.05) is 47.8 Å². The highest BCUT2D eigenvalue weighted by Crippen LogP contribution is 2.56. The number of aromatic hydroxyl groups is 1. The zero-order valence-electron chi connectivity index (χ0n) is 26.7. The summed E-state index contributed by atoms with van der Waals surface area (Å²) < 4.78 is 61.7. The Morgan fingerprint density at radius 3 is 2.54 bits per heavy atom. The Labute approximate surface area is 273 Å². The van der Waals surface area contributed by atoms with Crippen LogP contribution in [0.15, 0.2) is 6.07 Å². The number of ether oxygens (including phenoxy) is 4. The number of phenolic OH excluding ortho intramolecular Hbond substituents is 1. The first kappa shape index (κ1) is 33.2.